The van der Waals surface area contributed by atoms with Gasteiger partial charge in [-0.15, -0.1) is 0 Å². The first-order valence-corrected chi connectivity index (χ1v) is 6.93. The number of likely N-dealkylation sites (N-methyl/N-ethyl adjacent to an activating group) is 1. The molecule has 0 aliphatic rings. The normalized spacial score (nSPS) is 10.0. The van der Waals surface area contributed by atoms with Crippen LogP contribution in [0.3, 0.4) is 0 Å². The second-order valence-corrected chi connectivity index (χ2v) is 4.30. The summed E-state index contributed by atoms with van der Waals surface area (Å²) in [6.07, 6.45) is 0. The molecule has 0 saturated heterocycles. The highest BCUT2D eigenvalue weighted by molar-refractivity contribution is 5.80. The molecule has 1 aromatic heterocycles. The van der Waals surface area contributed by atoms with Crippen LogP contribution in [0.15, 0.2) is 12.1 Å². The highest BCUT2D eigenvalue weighted by atomic mass is 16.6. The number of nitrogens with zero attached hydrogens (tertiary/aromatic N) is 3. The van der Waals surface area contributed by atoms with Crippen LogP contribution in [0, 0.1) is 10.1 Å². The Bertz CT molecular complexity index is 503. The molecule has 0 unspecified atom stereocenters. The first-order chi connectivity index (χ1) is 10.0. The highest BCUT2D eigenvalue weighted by Gasteiger charge is 2.13. The molecule has 116 valence electrons. The van der Waals surface area contributed by atoms with E-state index in [9.17, 15) is 14.9 Å². The quantitative estimate of drug-likeness (QED) is 0.559. The van der Waals surface area contributed by atoms with Crippen molar-refractivity contribution in [2.45, 2.75) is 20.8 Å². The monoisotopic (exact) mass is 295 g/mol. The highest BCUT2D eigenvalue weighted by Crippen LogP contribution is 2.20. The third-order valence-electron chi connectivity index (χ3n) is 2.92. The second-order valence-electron chi connectivity index (χ2n) is 4.30. The van der Waals surface area contributed by atoms with Crippen LogP contribution >= 0.6 is 0 Å². The minimum Gasteiger partial charge on any atom is -0.370 e. The zero-order valence-electron chi connectivity index (χ0n) is 12.5. The summed E-state index contributed by atoms with van der Waals surface area (Å²) in [5.74, 6) is 0.642. The summed E-state index contributed by atoms with van der Waals surface area (Å²) >= 11 is 0. The summed E-state index contributed by atoms with van der Waals surface area (Å²) in [4.78, 5) is 28.2. The van der Waals surface area contributed by atoms with Crippen LogP contribution in [0.2, 0.25) is 0 Å². The molecule has 1 rings (SSSR count). The van der Waals surface area contributed by atoms with Gasteiger partial charge in [-0.3, -0.25) is 14.9 Å². The van der Waals surface area contributed by atoms with Crippen LogP contribution in [0.5, 0.6) is 0 Å². The maximum atomic E-state index is 11.9. The molecule has 1 amide bonds. The Hall–Kier alpha value is -2.38. The van der Waals surface area contributed by atoms with E-state index < -0.39 is 4.92 Å². The first kappa shape index (κ1) is 16.7. The van der Waals surface area contributed by atoms with Crippen molar-refractivity contribution in [1.29, 1.82) is 0 Å². The van der Waals surface area contributed by atoms with E-state index in [1.165, 1.54) is 12.1 Å². The average Bonchev–Trinajstić information content (AvgIpc) is 2.46. The third kappa shape index (κ3) is 4.90. The minimum atomic E-state index is -0.486. The molecule has 0 aliphatic carbocycles. The van der Waals surface area contributed by atoms with Gasteiger partial charge in [0.2, 0.25) is 5.91 Å². The molecule has 0 aromatic carbocycles. The summed E-state index contributed by atoms with van der Waals surface area (Å²) in [5, 5.41) is 16.7. The van der Waals surface area contributed by atoms with Crippen molar-refractivity contribution >= 4 is 23.2 Å². The van der Waals surface area contributed by atoms with Gasteiger partial charge in [-0.1, -0.05) is 0 Å². The fourth-order valence-corrected chi connectivity index (χ4v) is 1.84. The van der Waals surface area contributed by atoms with Crippen molar-refractivity contribution in [2.24, 2.45) is 0 Å². The van der Waals surface area contributed by atoms with Crippen molar-refractivity contribution in [3.8, 4) is 0 Å². The smallest absolute Gasteiger partial charge is 0.276 e. The van der Waals surface area contributed by atoms with E-state index in [4.69, 9.17) is 0 Å². The van der Waals surface area contributed by atoms with Crippen LogP contribution in [0.1, 0.15) is 20.8 Å². The Morgan fingerprint density at radius 2 is 1.81 bits per heavy atom. The Morgan fingerprint density at radius 1 is 1.24 bits per heavy atom. The predicted octanol–water partition coefficient (Wildman–Crippen LogP) is 1.70. The maximum absolute atomic E-state index is 11.9. The number of hydrogen-bond acceptors (Lipinski definition) is 6. The van der Waals surface area contributed by atoms with Crippen molar-refractivity contribution in [3.05, 3.63) is 22.2 Å². The van der Waals surface area contributed by atoms with Crippen LogP contribution in [0.25, 0.3) is 0 Å². The van der Waals surface area contributed by atoms with Gasteiger partial charge in [-0.05, 0) is 20.8 Å². The number of pyridine rings is 1. The van der Waals surface area contributed by atoms with Gasteiger partial charge in [0.1, 0.15) is 11.6 Å². The number of nitrogens with one attached hydrogen (secondary N) is 2. The number of anilines is 2. The Balaban J connectivity index is 2.82. The molecular weight excluding hydrogens is 274 g/mol. The van der Waals surface area contributed by atoms with E-state index in [-0.39, 0.29) is 18.1 Å². The lowest BCUT2D eigenvalue weighted by Crippen LogP contribution is -2.35. The number of carbonyl (C=O) groups excluding carboxylic acids is 1. The summed E-state index contributed by atoms with van der Waals surface area (Å²) in [6, 6.07) is 2.68. The van der Waals surface area contributed by atoms with Crippen LogP contribution < -0.4 is 10.6 Å². The molecule has 0 atom stereocenters. The molecule has 8 heteroatoms. The molecular formula is C13H21N5O3. The average molecular weight is 295 g/mol. The fraction of sp³-hybridized carbons (Fsp3) is 0.538. The van der Waals surface area contributed by atoms with Gasteiger partial charge >= 0.3 is 0 Å². The summed E-state index contributed by atoms with van der Waals surface area (Å²) in [6.45, 7) is 7.58. The fourth-order valence-electron chi connectivity index (χ4n) is 1.84. The summed E-state index contributed by atoms with van der Waals surface area (Å²) in [5.41, 5.74) is -0.0706. The van der Waals surface area contributed by atoms with E-state index in [0.717, 1.165) is 0 Å². The van der Waals surface area contributed by atoms with Gasteiger partial charge in [-0.25, -0.2) is 4.98 Å². The molecule has 0 saturated carbocycles. The number of aromatic nitrogens is 1. The topological polar surface area (TPSA) is 100 Å². The van der Waals surface area contributed by atoms with Crippen molar-refractivity contribution < 1.29 is 9.72 Å². The summed E-state index contributed by atoms with van der Waals surface area (Å²) in [7, 11) is 0. The molecule has 0 bridgehead atoms. The lowest BCUT2D eigenvalue weighted by atomic mass is 10.3. The Labute approximate surface area is 123 Å². The van der Waals surface area contributed by atoms with Gasteiger partial charge in [0.15, 0.2) is 0 Å². The van der Waals surface area contributed by atoms with Crippen LogP contribution in [-0.2, 0) is 4.79 Å². The van der Waals surface area contributed by atoms with E-state index >= 15 is 0 Å². The molecule has 1 heterocycles. The number of nitro groups is 1. The number of hydrogen-bond donors (Lipinski definition) is 2. The molecule has 8 nitrogen and oxygen atoms in total. The molecule has 0 aliphatic heterocycles. The minimum absolute atomic E-state index is 0.0570. The zero-order chi connectivity index (χ0) is 15.8. The summed E-state index contributed by atoms with van der Waals surface area (Å²) < 4.78 is 0. The van der Waals surface area contributed by atoms with Gasteiger partial charge < -0.3 is 15.5 Å². The van der Waals surface area contributed by atoms with Gasteiger partial charge in [-0.2, -0.15) is 0 Å². The second kappa shape index (κ2) is 8.03. The van der Waals surface area contributed by atoms with Crippen LogP contribution in [0.4, 0.5) is 17.3 Å². The largest absolute Gasteiger partial charge is 0.370 e. The van der Waals surface area contributed by atoms with E-state index in [1.807, 2.05) is 20.8 Å². The van der Waals surface area contributed by atoms with E-state index in [2.05, 4.69) is 15.6 Å². The standard InChI is InChI=1S/C13H21N5O3/c1-4-14-11-7-10(18(20)21)8-12(16-11)15-9-13(19)17(5-2)6-3/h7-8H,4-6,9H2,1-3H3,(H2,14,15,16). The number of carbonyl (C=O) groups is 1. The van der Waals surface area contributed by atoms with Crippen molar-refractivity contribution in [2.75, 3.05) is 36.8 Å². The molecule has 0 fully saturated rings. The molecule has 0 spiro atoms. The zero-order valence-corrected chi connectivity index (χ0v) is 12.5. The van der Waals surface area contributed by atoms with Gasteiger partial charge in [0.25, 0.3) is 5.69 Å². The Morgan fingerprint density at radius 3 is 2.29 bits per heavy atom. The SMILES string of the molecule is CCNc1cc([N+](=O)[O-])cc(NCC(=O)N(CC)CC)n1. The first-order valence-electron chi connectivity index (χ1n) is 6.93. The molecule has 21 heavy (non-hydrogen) atoms. The predicted molar refractivity (Wildman–Crippen MR) is 81.5 cm³/mol. The van der Waals surface area contributed by atoms with E-state index in [1.54, 1.807) is 4.90 Å². The molecule has 0 radical (unpaired) electrons. The Kier molecular flexibility index (Phi) is 6.38. The number of rotatable bonds is 8. The maximum Gasteiger partial charge on any atom is 0.276 e. The van der Waals surface area contributed by atoms with Gasteiger partial charge in [0.05, 0.1) is 23.6 Å². The van der Waals surface area contributed by atoms with Crippen molar-refractivity contribution in [3.63, 3.8) is 0 Å². The molecule has 1 aromatic rings. The van der Waals surface area contributed by atoms with Gasteiger partial charge in [0, 0.05) is 19.6 Å². The van der Waals surface area contributed by atoms with E-state index in [0.29, 0.717) is 31.3 Å². The van der Waals surface area contributed by atoms with Crippen LogP contribution in [-0.4, -0.2) is 46.9 Å². The number of amides is 1. The van der Waals surface area contributed by atoms with Crippen molar-refractivity contribution in [1.82, 2.24) is 9.88 Å². The molecule has 2 N–H and O–H groups in total. The third-order valence-corrected chi connectivity index (χ3v) is 2.92. The lowest BCUT2D eigenvalue weighted by molar-refractivity contribution is -0.384. The lowest BCUT2D eigenvalue weighted by Gasteiger charge is -2.19.